The van der Waals surface area contributed by atoms with Gasteiger partial charge >= 0.3 is 11.9 Å². The van der Waals surface area contributed by atoms with Gasteiger partial charge in [0.1, 0.15) is 6.10 Å². The van der Waals surface area contributed by atoms with E-state index in [-0.39, 0.29) is 34.7 Å². The largest absolute Gasteiger partial charge is 0.481 e. The van der Waals surface area contributed by atoms with Crippen LogP contribution in [-0.4, -0.2) is 23.1 Å². The smallest absolute Gasteiger partial charge is 0.303 e. The lowest BCUT2D eigenvalue weighted by atomic mass is 9.43. The summed E-state index contributed by atoms with van der Waals surface area (Å²) in [4.78, 5) is 23.4. The standard InChI is InChI=1S/C32H50O4/c1-20(2)17-24(36-23(6)33)18-22(5)26-11-13-30(8)27-10-9-25(21(3)4)31(14-12-28(34)35)19-32(27,31)16-15-29(26,30)7/h17,22,24-27H,3,9-16,18-19H2,1-2,4-8H3,(H,34,35)/t22-,24+,25+,26-,27+,29-,30+,31-,32+/m1/s1. The summed E-state index contributed by atoms with van der Waals surface area (Å²) in [5, 5.41) is 9.56. The highest BCUT2D eigenvalue weighted by molar-refractivity contribution is 5.67. The van der Waals surface area contributed by atoms with Gasteiger partial charge in [-0.05, 0) is 130 Å². The Kier molecular flexibility index (Phi) is 7.10. The molecular formula is C32H50O4. The van der Waals surface area contributed by atoms with Gasteiger partial charge in [-0.1, -0.05) is 38.5 Å². The van der Waals surface area contributed by atoms with Crippen molar-refractivity contribution in [1.29, 1.82) is 0 Å². The third kappa shape index (κ3) is 4.09. The summed E-state index contributed by atoms with van der Waals surface area (Å²) in [7, 11) is 0. The van der Waals surface area contributed by atoms with Crippen LogP contribution in [0.1, 0.15) is 113 Å². The van der Waals surface area contributed by atoms with Crippen molar-refractivity contribution in [3.8, 4) is 0 Å². The summed E-state index contributed by atoms with van der Waals surface area (Å²) in [6.45, 7) is 19.8. The Morgan fingerprint density at radius 2 is 1.75 bits per heavy atom. The number of hydrogen-bond donors (Lipinski definition) is 1. The number of rotatable bonds is 9. The Balaban J connectivity index is 1.59. The summed E-state index contributed by atoms with van der Waals surface area (Å²) in [5.74, 6) is 1.39. The van der Waals surface area contributed by atoms with Crippen LogP contribution in [0.4, 0.5) is 0 Å². The molecule has 4 rings (SSSR count). The summed E-state index contributed by atoms with van der Waals surface area (Å²) in [5.41, 5.74) is 3.46. The fourth-order valence-electron chi connectivity index (χ4n) is 10.5. The van der Waals surface area contributed by atoms with Crippen molar-refractivity contribution in [1.82, 2.24) is 0 Å². The van der Waals surface area contributed by atoms with E-state index in [4.69, 9.17) is 4.74 Å². The normalized spacial score (nSPS) is 42.2. The van der Waals surface area contributed by atoms with Crippen molar-refractivity contribution < 1.29 is 19.4 Å². The topological polar surface area (TPSA) is 63.6 Å². The maximum absolute atomic E-state index is 11.8. The first-order valence-corrected chi connectivity index (χ1v) is 14.4. The van der Waals surface area contributed by atoms with Gasteiger partial charge in [0.05, 0.1) is 0 Å². The van der Waals surface area contributed by atoms with Crippen LogP contribution in [0.5, 0.6) is 0 Å². The van der Waals surface area contributed by atoms with Crippen LogP contribution < -0.4 is 0 Å². The number of esters is 1. The molecule has 0 aromatic rings. The molecule has 1 N–H and O–H groups in total. The maximum Gasteiger partial charge on any atom is 0.303 e. The highest BCUT2D eigenvalue weighted by Crippen LogP contribution is 2.87. The van der Waals surface area contributed by atoms with Crippen molar-refractivity contribution in [2.45, 2.75) is 119 Å². The molecule has 4 aliphatic rings. The zero-order valence-electron chi connectivity index (χ0n) is 23.9. The van der Waals surface area contributed by atoms with Crippen molar-refractivity contribution in [2.75, 3.05) is 0 Å². The molecular weight excluding hydrogens is 448 g/mol. The molecule has 0 amide bonds. The van der Waals surface area contributed by atoms with Crippen molar-refractivity contribution >= 4 is 11.9 Å². The predicted molar refractivity (Wildman–Crippen MR) is 144 cm³/mol. The number of allylic oxidation sites excluding steroid dienone is 2. The van der Waals surface area contributed by atoms with Crippen LogP contribution in [0.25, 0.3) is 0 Å². The Bertz CT molecular complexity index is 946. The number of carbonyl (C=O) groups is 2. The average Bonchev–Trinajstić information content (AvgIpc) is 3.34. The van der Waals surface area contributed by atoms with Crippen molar-refractivity contribution in [2.24, 2.45) is 45.3 Å². The molecule has 0 aliphatic heterocycles. The number of fused-ring (bicyclic) bond motifs is 2. The fourth-order valence-corrected chi connectivity index (χ4v) is 10.5. The minimum absolute atomic E-state index is 0.147. The van der Waals surface area contributed by atoms with Gasteiger partial charge < -0.3 is 9.84 Å². The van der Waals surface area contributed by atoms with E-state index in [1.165, 1.54) is 63.0 Å². The highest BCUT2D eigenvalue weighted by Gasteiger charge is 2.80. The van der Waals surface area contributed by atoms with E-state index < -0.39 is 5.97 Å². The van der Waals surface area contributed by atoms with Crippen LogP contribution in [0.15, 0.2) is 23.8 Å². The third-order valence-electron chi connectivity index (χ3n) is 12.0. The average molecular weight is 499 g/mol. The van der Waals surface area contributed by atoms with E-state index in [9.17, 15) is 14.7 Å². The molecule has 0 radical (unpaired) electrons. The monoisotopic (exact) mass is 498 g/mol. The minimum Gasteiger partial charge on any atom is -0.481 e. The molecule has 0 saturated heterocycles. The van der Waals surface area contributed by atoms with Gasteiger partial charge in [-0.2, -0.15) is 0 Å². The van der Waals surface area contributed by atoms with Gasteiger partial charge in [0.15, 0.2) is 0 Å². The lowest BCUT2D eigenvalue weighted by Gasteiger charge is -2.61. The predicted octanol–water partition coefficient (Wildman–Crippen LogP) is 7.97. The number of aliphatic carboxylic acids is 1. The maximum atomic E-state index is 11.8. The molecule has 202 valence electrons. The Labute approximate surface area is 219 Å². The van der Waals surface area contributed by atoms with Gasteiger partial charge in [0.25, 0.3) is 0 Å². The minimum atomic E-state index is -0.658. The fraction of sp³-hybridized carbons (Fsp3) is 0.812. The van der Waals surface area contributed by atoms with Gasteiger partial charge in [0.2, 0.25) is 0 Å². The van der Waals surface area contributed by atoms with E-state index in [1.807, 2.05) is 0 Å². The molecule has 4 nitrogen and oxygen atoms in total. The Morgan fingerprint density at radius 1 is 1.06 bits per heavy atom. The first kappa shape index (κ1) is 27.5. The highest BCUT2D eigenvalue weighted by atomic mass is 16.5. The summed E-state index contributed by atoms with van der Waals surface area (Å²) in [6.07, 6.45) is 12.6. The van der Waals surface area contributed by atoms with Crippen LogP contribution >= 0.6 is 0 Å². The number of carbonyl (C=O) groups excluding carboxylic acids is 1. The van der Waals surface area contributed by atoms with Crippen molar-refractivity contribution in [3.05, 3.63) is 23.8 Å². The zero-order valence-corrected chi connectivity index (χ0v) is 23.9. The van der Waals surface area contributed by atoms with Crippen LogP contribution in [-0.2, 0) is 14.3 Å². The SMILES string of the molecule is C=C(C)[C@@H]1CC[C@@H]2[C@]3(CC[C@]4(C)[C@@H]([C@H](C)C[C@H](C=C(C)C)OC(C)=O)CC[C@@]24C)C[C@]13CCC(=O)O. The lowest BCUT2D eigenvalue weighted by molar-refractivity contribution is -0.146. The van der Waals surface area contributed by atoms with Gasteiger partial charge in [0, 0.05) is 13.3 Å². The van der Waals surface area contributed by atoms with E-state index in [0.717, 1.165) is 12.8 Å². The molecule has 4 saturated carbocycles. The van der Waals surface area contributed by atoms with E-state index in [1.54, 1.807) is 0 Å². The molecule has 4 heteroatoms. The van der Waals surface area contributed by atoms with Crippen LogP contribution in [0.2, 0.25) is 0 Å². The molecule has 0 aromatic heterocycles. The molecule has 36 heavy (non-hydrogen) atoms. The lowest BCUT2D eigenvalue weighted by Crippen LogP contribution is -2.54. The Morgan fingerprint density at radius 3 is 2.33 bits per heavy atom. The number of ether oxygens (including phenoxy) is 1. The van der Waals surface area contributed by atoms with Crippen molar-refractivity contribution in [3.63, 3.8) is 0 Å². The molecule has 1 spiro atoms. The van der Waals surface area contributed by atoms with E-state index in [0.29, 0.717) is 29.1 Å². The second-order valence-electron chi connectivity index (χ2n) is 14.0. The van der Waals surface area contributed by atoms with Crippen LogP contribution in [0.3, 0.4) is 0 Å². The first-order valence-electron chi connectivity index (χ1n) is 14.4. The number of carboxylic acids is 1. The van der Waals surface area contributed by atoms with Gasteiger partial charge in [-0.25, -0.2) is 0 Å². The molecule has 4 fully saturated rings. The quantitative estimate of drug-likeness (QED) is 0.259. The zero-order chi connectivity index (χ0) is 26.7. The Hall–Kier alpha value is -1.58. The molecule has 0 unspecified atom stereocenters. The van der Waals surface area contributed by atoms with Gasteiger partial charge in [-0.15, -0.1) is 0 Å². The van der Waals surface area contributed by atoms with Gasteiger partial charge in [-0.3, -0.25) is 9.59 Å². The first-order chi connectivity index (χ1) is 16.7. The second-order valence-corrected chi connectivity index (χ2v) is 14.0. The molecule has 0 heterocycles. The molecule has 0 bridgehead atoms. The number of carboxylic acid groups (broad SMARTS) is 1. The van der Waals surface area contributed by atoms with E-state index in [2.05, 4.69) is 54.2 Å². The van der Waals surface area contributed by atoms with E-state index >= 15 is 0 Å². The summed E-state index contributed by atoms with van der Waals surface area (Å²) < 4.78 is 5.72. The second kappa shape index (κ2) is 9.31. The molecule has 4 aliphatic carbocycles. The molecule has 0 aromatic carbocycles. The molecule has 9 atom stereocenters. The number of hydrogen-bond acceptors (Lipinski definition) is 3. The van der Waals surface area contributed by atoms with Crippen LogP contribution in [0, 0.1) is 45.3 Å². The summed E-state index contributed by atoms with van der Waals surface area (Å²) >= 11 is 0. The third-order valence-corrected chi connectivity index (χ3v) is 12.0. The summed E-state index contributed by atoms with van der Waals surface area (Å²) in [6, 6.07) is 0.